The van der Waals surface area contributed by atoms with Crippen LogP contribution in [-0.2, 0) is 0 Å². The molecule has 0 radical (unpaired) electrons. The minimum Gasteiger partial charge on any atom is -0.394 e. The van der Waals surface area contributed by atoms with Crippen LogP contribution < -0.4 is 5.32 Å². The summed E-state index contributed by atoms with van der Waals surface area (Å²) in [6.07, 6.45) is 1.95. The SMILES string of the molecule is CNC(CO)c1c[nH]c2ccccc12. The first-order valence-corrected chi connectivity index (χ1v) is 4.71. The van der Waals surface area contributed by atoms with Crippen molar-refractivity contribution >= 4 is 10.9 Å². The summed E-state index contributed by atoms with van der Waals surface area (Å²) >= 11 is 0. The number of nitrogens with one attached hydrogen (secondary N) is 2. The van der Waals surface area contributed by atoms with E-state index in [0.717, 1.165) is 11.1 Å². The molecule has 0 saturated carbocycles. The van der Waals surface area contributed by atoms with Gasteiger partial charge in [-0.1, -0.05) is 18.2 Å². The predicted octanol–water partition coefficient (Wildman–Crippen LogP) is 1.42. The van der Waals surface area contributed by atoms with Crippen LogP contribution in [0.4, 0.5) is 0 Å². The molecule has 1 aromatic carbocycles. The lowest BCUT2D eigenvalue weighted by Gasteiger charge is -2.11. The van der Waals surface area contributed by atoms with Gasteiger partial charge in [0.25, 0.3) is 0 Å². The molecule has 0 amide bonds. The Kier molecular flexibility index (Phi) is 2.52. The molecule has 3 nitrogen and oxygen atoms in total. The predicted molar refractivity (Wildman–Crippen MR) is 57.2 cm³/mol. The first-order chi connectivity index (χ1) is 6.86. The molecule has 0 spiro atoms. The number of likely N-dealkylation sites (N-methyl/N-ethyl adjacent to an activating group) is 1. The van der Waals surface area contributed by atoms with E-state index in [1.165, 1.54) is 5.39 Å². The van der Waals surface area contributed by atoms with Crippen molar-refractivity contribution < 1.29 is 5.11 Å². The molecule has 0 bridgehead atoms. The molecule has 3 N–H and O–H groups in total. The normalized spacial score (nSPS) is 13.3. The van der Waals surface area contributed by atoms with Gasteiger partial charge in [0.1, 0.15) is 0 Å². The molecule has 0 aliphatic carbocycles. The zero-order valence-electron chi connectivity index (χ0n) is 8.12. The van der Waals surface area contributed by atoms with Gasteiger partial charge in [0.15, 0.2) is 0 Å². The average Bonchev–Trinajstić information content (AvgIpc) is 2.65. The monoisotopic (exact) mass is 190 g/mol. The van der Waals surface area contributed by atoms with Crippen molar-refractivity contribution in [3.63, 3.8) is 0 Å². The lowest BCUT2D eigenvalue weighted by atomic mass is 10.1. The van der Waals surface area contributed by atoms with Crippen molar-refractivity contribution in [3.05, 3.63) is 36.0 Å². The number of aromatic amines is 1. The Bertz CT molecular complexity index is 418. The van der Waals surface area contributed by atoms with Gasteiger partial charge in [0.2, 0.25) is 0 Å². The van der Waals surface area contributed by atoms with Gasteiger partial charge in [0, 0.05) is 17.1 Å². The topological polar surface area (TPSA) is 48.0 Å². The largest absolute Gasteiger partial charge is 0.394 e. The van der Waals surface area contributed by atoms with E-state index in [-0.39, 0.29) is 12.6 Å². The summed E-state index contributed by atoms with van der Waals surface area (Å²) in [5.41, 5.74) is 2.22. The van der Waals surface area contributed by atoms with Crippen molar-refractivity contribution in [3.8, 4) is 0 Å². The maximum absolute atomic E-state index is 9.18. The van der Waals surface area contributed by atoms with Gasteiger partial charge < -0.3 is 15.4 Å². The molecule has 0 aliphatic rings. The van der Waals surface area contributed by atoms with Gasteiger partial charge in [-0.25, -0.2) is 0 Å². The third-order valence-corrected chi connectivity index (χ3v) is 2.53. The molecule has 14 heavy (non-hydrogen) atoms. The lowest BCUT2D eigenvalue weighted by molar-refractivity contribution is 0.251. The zero-order valence-corrected chi connectivity index (χ0v) is 8.12. The molecule has 74 valence electrons. The highest BCUT2D eigenvalue weighted by molar-refractivity contribution is 5.83. The Morgan fingerprint density at radius 3 is 2.93 bits per heavy atom. The summed E-state index contributed by atoms with van der Waals surface area (Å²) in [4.78, 5) is 3.19. The number of rotatable bonds is 3. The Morgan fingerprint density at radius 1 is 1.43 bits per heavy atom. The Hall–Kier alpha value is -1.32. The second-order valence-electron chi connectivity index (χ2n) is 3.31. The van der Waals surface area contributed by atoms with Gasteiger partial charge in [-0.15, -0.1) is 0 Å². The average molecular weight is 190 g/mol. The van der Waals surface area contributed by atoms with Crippen molar-refractivity contribution in [2.75, 3.05) is 13.7 Å². The first-order valence-electron chi connectivity index (χ1n) is 4.71. The fourth-order valence-corrected chi connectivity index (χ4v) is 1.73. The van der Waals surface area contributed by atoms with Crippen LogP contribution in [0, 0.1) is 0 Å². The molecule has 3 heteroatoms. The van der Waals surface area contributed by atoms with Gasteiger partial charge >= 0.3 is 0 Å². The maximum atomic E-state index is 9.18. The van der Waals surface area contributed by atoms with E-state index in [4.69, 9.17) is 0 Å². The van der Waals surface area contributed by atoms with E-state index < -0.39 is 0 Å². The van der Waals surface area contributed by atoms with Crippen LogP contribution in [0.1, 0.15) is 11.6 Å². The van der Waals surface area contributed by atoms with Crippen molar-refractivity contribution in [1.82, 2.24) is 10.3 Å². The minimum absolute atomic E-state index is 0.00569. The number of benzene rings is 1. The van der Waals surface area contributed by atoms with Crippen molar-refractivity contribution in [2.24, 2.45) is 0 Å². The quantitative estimate of drug-likeness (QED) is 0.685. The van der Waals surface area contributed by atoms with Gasteiger partial charge in [-0.2, -0.15) is 0 Å². The summed E-state index contributed by atoms with van der Waals surface area (Å²) in [7, 11) is 1.85. The Morgan fingerprint density at radius 2 is 2.21 bits per heavy atom. The van der Waals surface area contributed by atoms with Crippen LogP contribution >= 0.6 is 0 Å². The van der Waals surface area contributed by atoms with E-state index in [9.17, 15) is 5.11 Å². The Labute approximate surface area is 82.8 Å². The molecule has 0 fully saturated rings. The molecule has 2 rings (SSSR count). The minimum atomic E-state index is 0.00569. The molecule has 1 heterocycles. The Balaban J connectivity index is 2.51. The number of H-pyrrole nitrogens is 1. The van der Waals surface area contributed by atoms with Crippen LogP contribution in [0.2, 0.25) is 0 Å². The fraction of sp³-hybridized carbons (Fsp3) is 0.273. The van der Waals surface area contributed by atoms with Crippen LogP contribution in [0.5, 0.6) is 0 Å². The molecule has 1 aromatic heterocycles. The van der Waals surface area contributed by atoms with Crippen LogP contribution in [-0.4, -0.2) is 23.7 Å². The standard InChI is InChI=1S/C11H14N2O/c1-12-11(7-14)9-6-13-10-5-3-2-4-8(9)10/h2-6,11-14H,7H2,1H3. The van der Waals surface area contributed by atoms with E-state index in [1.54, 1.807) is 0 Å². The fourth-order valence-electron chi connectivity index (χ4n) is 1.73. The highest BCUT2D eigenvalue weighted by Crippen LogP contribution is 2.23. The second kappa shape index (κ2) is 3.82. The first kappa shape index (κ1) is 9.24. The van der Waals surface area contributed by atoms with Crippen LogP contribution in [0.15, 0.2) is 30.5 Å². The van der Waals surface area contributed by atoms with Crippen LogP contribution in [0.3, 0.4) is 0 Å². The molecule has 2 aromatic rings. The third kappa shape index (κ3) is 1.41. The number of fused-ring (bicyclic) bond motifs is 1. The summed E-state index contributed by atoms with van der Waals surface area (Å²) < 4.78 is 0. The van der Waals surface area contributed by atoms with Crippen LogP contribution in [0.25, 0.3) is 10.9 Å². The summed E-state index contributed by atoms with van der Waals surface area (Å²) in [5.74, 6) is 0. The number of para-hydroxylation sites is 1. The van der Waals surface area contributed by atoms with Crippen molar-refractivity contribution in [1.29, 1.82) is 0 Å². The molecule has 1 atom stereocenters. The van der Waals surface area contributed by atoms with E-state index in [0.29, 0.717) is 0 Å². The summed E-state index contributed by atoms with van der Waals surface area (Å²) in [5, 5.41) is 13.4. The van der Waals surface area contributed by atoms with Gasteiger partial charge in [0.05, 0.1) is 12.6 Å². The van der Waals surface area contributed by atoms with Gasteiger partial charge in [-0.05, 0) is 18.7 Å². The smallest absolute Gasteiger partial charge is 0.0627 e. The maximum Gasteiger partial charge on any atom is 0.0627 e. The lowest BCUT2D eigenvalue weighted by Crippen LogP contribution is -2.19. The highest BCUT2D eigenvalue weighted by Gasteiger charge is 2.11. The number of hydrogen-bond acceptors (Lipinski definition) is 2. The number of aliphatic hydroxyl groups excluding tert-OH is 1. The number of aliphatic hydroxyl groups is 1. The zero-order chi connectivity index (χ0) is 9.97. The molecule has 0 aliphatic heterocycles. The second-order valence-corrected chi connectivity index (χ2v) is 3.31. The highest BCUT2D eigenvalue weighted by atomic mass is 16.3. The molecule has 0 saturated heterocycles. The van der Waals surface area contributed by atoms with E-state index in [1.807, 2.05) is 31.4 Å². The third-order valence-electron chi connectivity index (χ3n) is 2.53. The van der Waals surface area contributed by atoms with E-state index >= 15 is 0 Å². The molecular formula is C11H14N2O. The summed E-state index contributed by atoms with van der Waals surface area (Å²) in [6.45, 7) is 0.109. The van der Waals surface area contributed by atoms with Gasteiger partial charge in [-0.3, -0.25) is 0 Å². The summed E-state index contributed by atoms with van der Waals surface area (Å²) in [6, 6.07) is 8.09. The number of aromatic nitrogens is 1. The van der Waals surface area contributed by atoms with Crippen molar-refractivity contribution in [2.45, 2.75) is 6.04 Å². The van der Waals surface area contributed by atoms with E-state index in [2.05, 4.69) is 16.4 Å². The number of hydrogen-bond donors (Lipinski definition) is 3. The molecule has 1 unspecified atom stereocenters. The molecular weight excluding hydrogens is 176 g/mol.